The van der Waals surface area contributed by atoms with Gasteiger partial charge in [-0.2, -0.15) is 39.5 Å². The minimum Gasteiger partial charge on any atom is -0.311 e. The molecule has 0 saturated heterocycles. The van der Waals surface area contributed by atoms with Gasteiger partial charge >= 0.3 is 18.5 Å². The molecule has 2 aromatic carbocycles. The molecule has 3 rings (SSSR count). The van der Waals surface area contributed by atoms with Gasteiger partial charge in [0.05, 0.1) is 17.7 Å². The maximum Gasteiger partial charge on any atom is 0.416 e. The summed E-state index contributed by atoms with van der Waals surface area (Å²) < 4.78 is 142. The predicted octanol–water partition coefficient (Wildman–Crippen LogP) is 5.82. The van der Waals surface area contributed by atoms with Gasteiger partial charge in [0.25, 0.3) is 5.91 Å². The number of nitrogens with one attached hydrogen (secondary N) is 3. The Balaban J connectivity index is 1.91. The number of aliphatic imine (C=N–C) groups is 1. The normalized spacial score (nSPS) is 13.0. The van der Waals surface area contributed by atoms with E-state index in [0.717, 1.165) is 48.5 Å². The summed E-state index contributed by atoms with van der Waals surface area (Å²) in [5.41, 5.74) is -2.71. The van der Waals surface area contributed by atoms with Crippen LogP contribution in [0.25, 0.3) is 0 Å². The van der Waals surface area contributed by atoms with Crippen molar-refractivity contribution in [1.29, 1.82) is 0 Å². The van der Waals surface area contributed by atoms with E-state index in [0.29, 0.717) is 12.1 Å². The number of nitrogens with zero attached hydrogens (tertiary/aromatic N) is 2. The van der Waals surface area contributed by atoms with Gasteiger partial charge in [-0.3, -0.25) is 14.8 Å². The molecule has 0 spiro atoms. The third kappa shape index (κ3) is 9.64. The number of anilines is 2. The molecule has 0 fully saturated rings. The molecule has 1 aromatic heterocycles. The molecule has 1 heterocycles. The fourth-order valence-electron chi connectivity index (χ4n) is 3.29. The van der Waals surface area contributed by atoms with Crippen LogP contribution >= 0.6 is 0 Å². The second kappa shape index (κ2) is 12.3. The zero-order chi connectivity index (χ0) is 31.3. The SMILES string of the molecule is O=C(NC(=NCc1ccccc1C(F)(F)F)Nc1cccc(NS(=O)(=O)CC(F)(F)F)n1)c1ccc(C(F)(F)F)cc1. The van der Waals surface area contributed by atoms with Crippen LogP contribution in [0.5, 0.6) is 0 Å². The number of carbonyl (C=O) groups is 1. The molecular formula is C24H18F9N5O3S. The second-order valence-corrected chi connectivity index (χ2v) is 10.1. The average molecular weight is 627 g/mol. The van der Waals surface area contributed by atoms with Gasteiger partial charge in [0.2, 0.25) is 16.0 Å². The Hall–Kier alpha value is -4.35. The van der Waals surface area contributed by atoms with Crippen molar-refractivity contribution in [2.45, 2.75) is 25.1 Å². The van der Waals surface area contributed by atoms with Crippen molar-refractivity contribution in [3.05, 3.63) is 89.0 Å². The molecule has 226 valence electrons. The first-order valence-electron chi connectivity index (χ1n) is 11.3. The third-order valence-corrected chi connectivity index (χ3v) is 6.27. The van der Waals surface area contributed by atoms with E-state index in [-0.39, 0.29) is 16.9 Å². The summed E-state index contributed by atoms with van der Waals surface area (Å²) in [6.45, 7) is -0.677. The summed E-state index contributed by atoms with van der Waals surface area (Å²) in [6, 6.07) is 10.5. The quantitative estimate of drug-likeness (QED) is 0.174. The van der Waals surface area contributed by atoms with Crippen molar-refractivity contribution in [2.75, 3.05) is 15.8 Å². The highest BCUT2D eigenvalue weighted by atomic mass is 32.2. The number of aromatic nitrogens is 1. The molecule has 0 unspecified atom stereocenters. The highest BCUT2D eigenvalue weighted by Gasteiger charge is 2.35. The van der Waals surface area contributed by atoms with Crippen LogP contribution in [0.2, 0.25) is 0 Å². The summed E-state index contributed by atoms with van der Waals surface area (Å²) in [5, 5.41) is 4.58. The Morgan fingerprint density at radius 2 is 1.40 bits per heavy atom. The minimum absolute atomic E-state index is 0.296. The molecule has 1 amide bonds. The van der Waals surface area contributed by atoms with Gasteiger partial charge in [-0.1, -0.05) is 24.3 Å². The van der Waals surface area contributed by atoms with Crippen LogP contribution < -0.4 is 15.4 Å². The number of hydrogen-bond acceptors (Lipinski definition) is 5. The van der Waals surface area contributed by atoms with Crippen LogP contribution in [0.15, 0.2) is 71.7 Å². The van der Waals surface area contributed by atoms with E-state index in [9.17, 15) is 52.7 Å². The highest BCUT2D eigenvalue weighted by molar-refractivity contribution is 7.92. The number of guanidine groups is 1. The fraction of sp³-hybridized carbons (Fsp3) is 0.208. The lowest BCUT2D eigenvalue weighted by Crippen LogP contribution is -2.36. The number of carbonyl (C=O) groups excluding carboxylic acids is 1. The maximum atomic E-state index is 13.4. The molecule has 0 radical (unpaired) electrons. The monoisotopic (exact) mass is 627 g/mol. The molecule has 18 heteroatoms. The number of sulfonamides is 1. The second-order valence-electron chi connectivity index (χ2n) is 8.36. The summed E-state index contributed by atoms with van der Waals surface area (Å²) >= 11 is 0. The molecule has 0 atom stereocenters. The number of pyridine rings is 1. The summed E-state index contributed by atoms with van der Waals surface area (Å²) in [4.78, 5) is 20.4. The number of alkyl halides is 9. The van der Waals surface area contributed by atoms with Gasteiger partial charge in [-0.25, -0.2) is 18.4 Å². The zero-order valence-electron chi connectivity index (χ0n) is 20.7. The van der Waals surface area contributed by atoms with Crippen molar-refractivity contribution < 1.29 is 52.7 Å². The Kier molecular flexibility index (Phi) is 9.39. The Morgan fingerprint density at radius 1 is 0.786 bits per heavy atom. The van der Waals surface area contributed by atoms with Crippen molar-refractivity contribution in [2.24, 2.45) is 4.99 Å². The van der Waals surface area contributed by atoms with Crippen molar-refractivity contribution >= 4 is 33.5 Å². The minimum atomic E-state index is -5.06. The van der Waals surface area contributed by atoms with Crippen molar-refractivity contribution in [1.82, 2.24) is 10.3 Å². The van der Waals surface area contributed by atoms with Gasteiger partial charge in [-0.05, 0) is 48.0 Å². The molecule has 0 bridgehead atoms. The molecule has 0 aliphatic rings. The smallest absolute Gasteiger partial charge is 0.311 e. The third-order valence-electron chi connectivity index (χ3n) is 5.05. The van der Waals surface area contributed by atoms with Crippen molar-refractivity contribution in [3.63, 3.8) is 0 Å². The standard InChI is InChI=1S/C24H18F9N5O3S/c25-22(26,27)13-42(40,41)38-19-7-3-6-18(35-19)36-21(34-12-15-4-1-2-5-17(15)24(31,32)33)37-20(39)14-8-10-16(11-9-14)23(28,29)30/h1-11H,12-13H2,(H3,34,35,36,37,38,39). The van der Waals surface area contributed by atoms with E-state index in [1.165, 1.54) is 6.07 Å². The van der Waals surface area contributed by atoms with Gasteiger partial charge in [-0.15, -0.1) is 0 Å². The Labute approximate surface area is 231 Å². The molecule has 0 aliphatic heterocycles. The number of rotatable bonds is 7. The maximum absolute atomic E-state index is 13.4. The number of amides is 1. The van der Waals surface area contributed by atoms with Gasteiger partial charge in [0.1, 0.15) is 11.6 Å². The molecule has 42 heavy (non-hydrogen) atoms. The fourth-order valence-corrected chi connectivity index (χ4v) is 4.23. The zero-order valence-corrected chi connectivity index (χ0v) is 21.5. The summed E-state index contributed by atoms with van der Waals surface area (Å²) in [7, 11) is -4.92. The number of benzene rings is 2. The number of halogens is 9. The lowest BCUT2D eigenvalue weighted by atomic mass is 10.1. The van der Waals surface area contributed by atoms with Crippen LogP contribution in [0.3, 0.4) is 0 Å². The van der Waals surface area contributed by atoms with Gasteiger partial charge in [0.15, 0.2) is 5.75 Å². The van der Waals surface area contributed by atoms with Crippen molar-refractivity contribution in [3.8, 4) is 0 Å². The molecule has 3 N–H and O–H groups in total. The largest absolute Gasteiger partial charge is 0.416 e. The molecule has 0 saturated carbocycles. The molecular weight excluding hydrogens is 609 g/mol. The Bertz CT molecular complexity index is 1550. The topological polar surface area (TPSA) is 113 Å². The molecule has 0 aliphatic carbocycles. The van der Waals surface area contributed by atoms with E-state index < -0.39 is 69.7 Å². The molecule has 3 aromatic rings. The summed E-state index contributed by atoms with van der Waals surface area (Å²) in [6.07, 6.45) is -14.5. The van der Waals surface area contributed by atoms with Gasteiger partial charge in [0, 0.05) is 5.56 Å². The van der Waals surface area contributed by atoms with E-state index >= 15 is 0 Å². The van der Waals surface area contributed by atoms with Crippen LogP contribution in [-0.2, 0) is 28.9 Å². The van der Waals surface area contributed by atoms with Crippen LogP contribution in [-0.4, -0.2) is 37.2 Å². The lowest BCUT2D eigenvalue weighted by molar-refractivity contribution is -0.138. The summed E-state index contributed by atoms with van der Waals surface area (Å²) in [5.74, 6) is -4.73. The van der Waals surface area contributed by atoms with Crippen LogP contribution in [0, 0.1) is 0 Å². The first-order valence-corrected chi connectivity index (χ1v) is 13.0. The van der Waals surface area contributed by atoms with Crippen LogP contribution in [0.1, 0.15) is 27.0 Å². The van der Waals surface area contributed by atoms with E-state index in [1.807, 2.05) is 0 Å². The van der Waals surface area contributed by atoms with E-state index in [4.69, 9.17) is 0 Å². The van der Waals surface area contributed by atoms with E-state index in [1.54, 1.807) is 4.72 Å². The lowest BCUT2D eigenvalue weighted by Gasteiger charge is -2.15. The highest BCUT2D eigenvalue weighted by Crippen LogP contribution is 2.32. The predicted molar refractivity (Wildman–Crippen MR) is 133 cm³/mol. The molecule has 8 nitrogen and oxygen atoms in total. The Morgan fingerprint density at radius 3 is 2.00 bits per heavy atom. The number of hydrogen-bond donors (Lipinski definition) is 3. The first kappa shape index (κ1) is 32.2. The van der Waals surface area contributed by atoms with E-state index in [2.05, 4.69) is 20.6 Å². The van der Waals surface area contributed by atoms with Crippen LogP contribution in [0.4, 0.5) is 51.1 Å². The average Bonchev–Trinajstić information content (AvgIpc) is 2.85. The van der Waals surface area contributed by atoms with Gasteiger partial charge < -0.3 is 5.32 Å². The first-order chi connectivity index (χ1) is 19.3.